The maximum Gasteiger partial charge on any atom is 0.235 e. The Labute approximate surface area is 82.2 Å². The van der Waals surface area contributed by atoms with Crippen molar-refractivity contribution >= 4 is 23.4 Å². The molecule has 0 radical (unpaired) electrons. The Kier molecular flexibility index (Phi) is 3.54. The van der Waals surface area contributed by atoms with Crippen LogP contribution in [0.25, 0.3) is 0 Å². The van der Waals surface area contributed by atoms with Gasteiger partial charge >= 0.3 is 0 Å². The van der Waals surface area contributed by atoms with Crippen LogP contribution in [0.5, 0.6) is 0 Å². The number of hydrogen-bond donors (Lipinski definition) is 1. The fourth-order valence-electron chi connectivity index (χ4n) is 1.44. The first-order valence-corrected chi connectivity index (χ1v) is 4.84. The number of alkyl halides is 1. The summed E-state index contributed by atoms with van der Waals surface area (Å²) in [5.41, 5.74) is 0. The lowest BCUT2D eigenvalue weighted by molar-refractivity contribution is -0.127. The molecule has 0 aliphatic carbocycles. The molecule has 0 bridgehead atoms. The Morgan fingerprint density at radius 3 is 2.92 bits per heavy atom. The normalized spacial score (nSPS) is 22.2. The summed E-state index contributed by atoms with van der Waals surface area (Å²) in [6.07, 6.45) is 0.399. The number of rotatable bonds is 3. The first-order valence-electron chi connectivity index (χ1n) is 4.30. The molecule has 1 unspecified atom stereocenters. The number of hydrogen-bond acceptors (Lipinski definition) is 2. The average Bonchev–Trinajstić information content (AvgIpc) is 2.46. The second kappa shape index (κ2) is 4.46. The fourth-order valence-corrected chi connectivity index (χ4v) is 1.52. The number of halogens is 1. The Balaban J connectivity index is 2.40. The topological polar surface area (TPSA) is 49.4 Å². The monoisotopic (exact) mass is 204 g/mol. The minimum absolute atomic E-state index is 0.0448. The summed E-state index contributed by atoms with van der Waals surface area (Å²) in [6.45, 7) is 3.23. The van der Waals surface area contributed by atoms with E-state index in [1.807, 2.05) is 6.92 Å². The molecular weight excluding hydrogens is 192 g/mol. The smallest absolute Gasteiger partial charge is 0.235 e. The minimum Gasteiger partial charge on any atom is -0.350 e. The van der Waals surface area contributed by atoms with E-state index in [2.05, 4.69) is 5.32 Å². The van der Waals surface area contributed by atoms with Crippen LogP contribution in [0.3, 0.4) is 0 Å². The third kappa shape index (κ3) is 2.59. The van der Waals surface area contributed by atoms with Crippen LogP contribution in [-0.2, 0) is 9.59 Å². The molecule has 0 spiro atoms. The molecule has 0 aromatic rings. The number of nitrogens with zero attached hydrogens (tertiary/aromatic N) is 1. The van der Waals surface area contributed by atoms with Crippen LogP contribution in [0.2, 0.25) is 0 Å². The van der Waals surface area contributed by atoms with Gasteiger partial charge in [0.2, 0.25) is 11.8 Å². The molecule has 1 atom stereocenters. The van der Waals surface area contributed by atoms with E-state index < -0.39 is 0 Å². The largest absolute Gasteiger partial charge is 0.350 e. The van der Waals surface area contributed by atoms with Crippen LogP contribution in [0.4, 0.5) is 0 Å². The average molecular weight is 205 g/mol. The lowest BCUT2D eigenvalue weighted by Gasteiger charge is -2.13. The molecule has 0 aromatic heterocycles. The van der Waals surface area contributed by atoms with Crippen LogP contribution in [0.1, 0.15) is 13.3 Å². The van der Waals surface area contributed by atoms with Crippen LogP contribution < -0.4 is 5.32 Å². The molecule has 4 nitrogen and oxygen atoms in total. The molecule has 1 aliphatic heterocycles. The Morgan fingerprint density at radius 1 is 1.77 bits per heavy atom. The Morgan fingerprint density at radius 2 is 2.46 bits per heavy atom. The van der Waals surface area contributed by atoms with E-state index in [1.54, 1.807) is 4.90 Å². The summed E-state index contributed by atoms with van der Waals surface area (Å²) in [5, 5.41) is 2.69. The Bertz CT molecular complexity index is 220. The molecule has 1 fully saturated rings. The number of amides is 2. The molecule has 2 amide bonds. The summed E-state index contributed by atoms with van der Waals surface area (Å²) in [5.74, 6) is -0.156. The van der Waals surface area contributed by atoms with Gasteiger partial charge in [-0.1, -0.05) is 0 Å². The summed E-state index contributed by atoms with van der Waals surface area (Å²) < 4.78 is 0. The maximum atomic E-state index is 11.2. The molecule has 1 rings (SSSR count). The SMILES string of the molecule is CCN1CC(NC(=O)CCl)CC1=O. The summed E-state index contributed by atoms with van der Waals surface area (Å²) >= 11 is 5.33. The highest BCUT2D eigenvalue weighted by Gasteiger charge is 2.28. The highest BCUT2D eigenvalue weighted by molar-refractivity contribution is 6.27. The molecular formula is C8H13ClN2O2. The van der Waals surface area contributed by atoms with E-state index in [-0.39, 0.29) is 23.7 Å². The van der Waals surface area contributed by atoms with Gasteiger partial charge in [0.1, 0.15) is 5.88 Å². The van der Waals surface area contributed by atoms with E-state index in [0.717, 1.165) is 0 Å². The van der Waals surface area contributed by atoms with Crippen molar-refractivity contribution in [3.63, 3.8) is 0 Å². The van der Waals surface area contributed by atoms with Crippen molar-refractivity contribution in [1.29, 1.82) is 0 Å². The van der Waals surface area contributed by atoms with Gasteiger partial charge < -0.3 is 10.2 Å². The van der Waals surface area contributed by atoms with Crippen molar-refractivity contribution < 1.29 is 9.59 Å². The molecule has 0 aromatic carbocycles. The number of likely N-dealkylation sites (tertiary alicyclic amines) is 1. The second-order valence-electron chi connectivity index (χ2n) is 3.03. The fraction of sp³-hybridized carbons (Fsp3) is 0.750. The van der Waals surface area contributed by atoms with E-state index in [4.69, 9.17) is 11.6 Å². The van der Waals surface area contributed by atoms with Crippen molar-refractivity contribution in [2.75, 3.05) is 19.0 Å². The molecule has 74 valence electrons. The first kappa shape index (κ1) is 10.3. The first-order chi connectivity index (χ1) is 6.17. The summed E-state index contributed by atoms with van der Waals surface area (Å²) in [7, 11) is 0. The minimum atomic E-state index is -0.211. The molecule has 1 aliphatic rings. The molecule has 5 heteroatoms. The zero-order chi connectivity index (χ0) is 9.84. The van der Waals surface area contributed by atoms with E-state index >= 15 is 0 Å². The third-order valence-electron chi connectivity index (χ3n) is 2.08. The van der Waals surface area contributed by atoms with Gasteiger partial charge in [-0.15, -0.1) is 11.6 Å². The van der Waals surface area contributed by atoms with Crippen molar-refractivity contribution in [2.24, 2.45) is 0 Å². The summed E-state index contributed by atoms with van der Waals surface area (Å²) in [4.78, 5) is 23.8. The van der Waals surface area contributed by atoms with Crippen molar-refractivity contribution in [3.05, 3.63) is 0 Å². The van der Waals surface area contributed by atoms with Gasteiger partial charge in [0.15, 0.2) is 0 Å². The van der Waals surface area contributed by atoms with Crippen LogP contribution in [0.15, 0.2) is 0 Å². The number of carbonyl (C=O) groups is 2. The molecule has 13 heavy (non-hydrogen) atoms. The van der Waals surface area contributed by atoms with Gasteiger partial charge in [-0.2, -0.15) is 0 Å². The van der Waals surface area contributed by atoms with Gasteiger partial charge in [0, 0.05) is 19.5 Å². The lowest BCUT2D eigenvalue weighted by Crippen LogP contribution is -2.37. The molecule has 1 heterocycles. The van der Waals surface area contributed by atoms with Crippen LogP contribution in [-0.4, -0.2) is 41.7 Å². The van der Waals surface area contributed by atoms with Crippen LogP contribution in [0, 0.1) is 0 Å². The molecule has 1 saturated heterocycles. The zero-order valence-electron chi connectivity index (χ0n) is 7.55. The predicted molar refractivity (Wildman–Crippen MR) is 49.5 cm³/mol. The van der Waals surface area contributed by atoms with E-state index in [9.17, 15) is 9.59 Å². The van der Waals surface area contributed by atoms with Crippen LogP contribution >= 0.6 is 11.6 Å². The predicted octanol–water partition coefficient (Wildman–Crippen LogP) is -0.0378. The molecule has 1 N–H and O–H groups in total. The highest BCUT2D eigenvalue weighted by Crippen LogP contribution is 2.09. The highest BCUT2D eigenvalue weighted by atomic mass is 35.5. The van der Waals surface area contributed by atoms with Crippen molar-refractivity contribution in [2.45, 2.75) is 19.4 Å². The van der Waals surface area contributed by atoms with Gasteiger partial charge in [-0.05, 0) is 6.92 Å². The zero-order valence-corrected chi connectivity index (χ0v) is 8.30. The lowest BCUT2D eigenvalue weighted by atomic mass is 10.2. The van der Waals surface area contributed by atoms with Gasteiger partial charge in [0.05, 0.1) is 6.04 Å². The standard InChI is InChI=1S/C8H13ClN2O2/c1-2-11-5-6(3-8(11)13)10-7(12)4-9/h6H,2-5H2,1H3,(H,10,12). The van der Waals surface area contributed by atoms with E-state index in [0.29, 0.717) is 19.5 Å². The number of likely N-dealkylation sites (N-methyl/N-ethyl adjacent to an activating group) is 1. The summed E-state index contributed by atoms with van der Waals surface area (Å²) in [6, 6.07) is -0.0568. The van der Waals surface area contributed by atoms with Gasteiger partial charge in [-0.25, -0.2) is 0 Å². The second-order valence-corrected chi connectivity index (χ2v) is 3.30. The Hall–Kier alpha value is -0.770. The number of nitrogens with one attached hydrogen (secondary N) is 1. The van der Waals surface area contributed by atoms with Gasteiger partial charge in [0.25, 0.3) is 0 Å². The molecule has 0 saturated carbocycles. The van der Waals surface area contributed by atoms with Crippen molar-refractivity contribution in [3.8, 4) is 0 Å². The maximum absolute atomic E-state index is 11.2. The van der Waals surface area contributed by atoms with Crippen molar-refractivity contribution in [1.82, 2.24) is 10.2 Å². The van der Waals surface area contributed by atoms with E-state index in [1.165, 1.54) is 0 Å². The number of carbonyl (C=O) groups excluding carboxylic acids is 2. The quantitative estimate of drug-likeness (QED) is 0.656. The van der Waals surface area contributed by atoms with Gasteiger partial charge in [-0.3, -0.25) is 9.59 Å². The third-order valence-corrected chi connectivity index (χ3v) is 2.33.